The lowest BCUT2D eigenvalue weighted by Gasteiger charge is -2.05. The molecule has 0 aliphatic heterocycles. The molecule has 0 atom stereocenters. The molecule has 0 unspecified atom stereocenters. The number of hydrogen-bond donors (Lipinski definition) is 2. The second-order valence-electron chi connectivity index (χ2n) is 3.81. The Kier molecular flexibility index (Phi) is 3.84. The highest BCUT2D eigenvalue weighted by Crippen LogP contribution is 2.16. The zero-order valence-corrected chi connectivity index (χ0v) is 11.3. The number of carbonyl (C=O) groups excluding carboxylic acids is 1. The zero-order chi connectivity index (χ0) is 13.1. The number of halogens is 1. The first-order valence-electron chi connectivity index (χ1n) is 5.30. The Morgan fingerprint density at radius 2 is 2.33 bits per heavy atom. The number of rotatable bonds is 3. The van der Waals surface area contributed by atoms with E-state index < -0.39 is 0 Å². The van der Waals surface area contributed by atoms with Gasteiger partial charge in [-0.1, -0.05) is 11.6 Å². The smallest absolute Gasteiger partial charge is 0.251 e. The number of hydrogen-bond acceptors (Lipinski definition) is 4. The maximum absolute atomic E-state index is 11.9. The second kappa shape index (κ2) is 5.37. The van der Waals surface area contributed by atoms with Crippen molar-refractivity contribution in [3.63, 3.8) is 0 Å². The molecule has 2 aromatic rings. The number of anilines is 1. The number of thiophene rings is 1. The fourth-order valence-electron chi connectivity index (χ4n) is 1.50. The lowest BCUT2D eigenvalue weighted by Crippen LogP contribution is -2.22. The van der Waals surface area contributed by atoms with Crippen LogP contribution >= 0.6 is 22.9 Å². The second-order valence-corrected chi connectivity index (χ2v) is 5.20. The van der Waals surface area contributed by atoms with Crippen LogP contribution in [-0.2, 0) is 6.54 Å². The van der Waals surface area contributed by atoms with Crippen LogP contribution in [-0.4, -0.2) is 10.9 Å². The fraction of sp³-hybridized carbons (Fsp3) is 0.167. The van der Waals surface area contributed by atoms with Crippen molar-refractivity contribution in [2.45, 2.75) is 13.5 Å². The van der Waals surface area contributed by atoms with Crippen LogP contribution in [0.4, 0.5) is 5.82 Å². The highest BCUT2D eigenvalue weighted by Gasteiger charge is 2.09. The topological polar surface area (TPSA) is 68.0 Å². The molecule has 6 heteroatoms. The molecule has 2 heterocycles. The molecule has 0 aliphatic rings. The first-order chi connectivity index (χ1) is 8.56. The molecule has 0 aromatic carbocycles. The third kappa shape index (κ3) is 3.00. The van der Waals surface area contributed by atoms with Crippen molar-refractivity contribution in [3.05, 3.63) is 44.7 Å². The Hall–Kier alpha value is -1.59. The maximum atomic E-state index is 11.9. The minimum atomic E-state index is -0.209. The van der Waals surface area contributed by atoms with E-state index >= 15 is 0 Å². The van der Waals surface area contributed by atoms with Gasteiger partial charge in [0.15, 0.2) is 0 Å². The molecule has 3 N–H and O–H groups in total. The van der Waals surface area contributed by atoms with Gasteiger partial charge in [0, 0.05) is 10.4 Å². The molecule has 4 nitrogen and oxygen atoms in total. The molecule has 2 aromatic heterocycles. The standard InChI is InChI=1S/C12H12ClN3OS/c1-7-2-3-18-9(7)6-15-12(17)8-4-10(13)16-11(14)5-8/h2-5H,6H2,1H3,(H2,14,16)(H,15,17). The van der Waals surface area contributed by atoms with Gasteiger partial charge >= 0.3 is 0 Å². The van der Waals surface area contributed by atoms with E-state index in [1.807, 2.05) is 18.4 Å². The molecule has 0 saturated carbocycles. The number of pyridine rings is 1. The van der Waals surface area contributed by atoms with E-state index in [1.165, 1.54) is 17.7 Å². The third-order valence-electron chi connectivity index (χ3n) is 2.45. The molecule has 1 amide bonds. The summed E-state index contributed by atoms with van der Waals surface area (Å²) in [5.41, 5.74) is 7.13. The maximum Gasteiger partial charge on any atom is 0.251 e. The molecule has 0 spiro atoms. The van der Waals surface area contributed by atoms with Crippen LogP contribution in [0.25, 0.3) is 0 Å². The fourth-order valence-corrected chi connectivity index (χ4v) is 2.56. The van der Waals surface area contributed by atoms with Crippen LogP contribution in [0.3, 0.4) is 0 Å². The monoisotopic (exact) mass is 281 g/mol. The molecule has 0 radical (unpaired) electrons. The molecule has 0 saturated heterocycles. The van der Waals surface area contributed by atoms with E-state index in [0.29, 0.717) is 12.1 Å². The summed E-state index contributed by atoms with van der Waals surface area (Å²) in [6.45, 7) is 2.52. The number of nitrogens with one attached hydrogen (secondary N) is 1. The van der Waals surface area contributed by atoms with Crippen molar-refractivity contribution in [2.24, 2.45) is 0 Å². The lowest BCUT2D eigenvalue weighted by atomic mass is 10.2. The molecule has 18 heavy (non-hydrogen) atoms. The summed E-state index contributed by atoms with van der Waals surface area (Å²) < 4.78 is 0. The Balaban J connectivity index is 2.06. The van der Waals surface area contributed by atoms with Gasteiger partial charge in [-0.2, -0.15) is 0 Å². The number of aryl methyl sites for hydroxylation is 1. The summed E-state index contributed by atoms with van der Waals surface area (Å²) >= 11 is 7.37. The van der Waals surface area contributed by atoms with E-state index in [9.17, 15) is 4.79 Å². The normalized spacial score (nSPS) is 10.3. The molecule has 0 aliphatic carbocycles. The van der Waals surface area contributed by atoms with Gasteiger partial charge in [-0.3, -0.25) is 4.79 Å². The first kappa shape index (κ1) is 12.9. The molecule has 0 bridgehead atoms. The average molecular weight is 282 g/mol. The van der Waals surface area contributed by atoms with Gasteiger partial charge in [-0.25, -0.2) is 4.98 Å². The van der Waals surface area contributed by atoms with Crippen LogP contribution < -0.4 is 11.1 Å². The molecule has 0 fully saturated rings. The van der Waals surface area contributed by atoms with E-state index in [1.54, 1.807) is 11.3 Å². The van der Waals surface area contributed by atoms with Crippen LogP contribution in [0.5, 0.6) is 0 Å². The number of nitrogen functional groups attached to an aromatic ring is 1. The summed E-state index contributed by atoms with van der Waals surface area (Å²) in [5, 5.41) is 5.04. The van der Waals surface area contributed by atoms with E-state index in [0.717, 1.165) is 4.88 Å². The van der Waals surface area contributed by atoms with Gasteiger partial charge < -0.3 is 11.1 Å². The van der Waals surface area contributed by atoms with Crippen molar-refractivity contribution in [1.29, 1.82) is 0 Å². The van der Waals surface area contributed by atoms with Gasteiger partial charge in [0.05, 0.1) is 6.54 Å². The molecular weight excluding hydrogens is 270 g/mol. The van der Waals surface area contributed by atoms with Crippen molar-refractivity contribution >= 4 is 34.7 Å². The van der Waals surface area contributed by atoms with Crippen molar-refractivity contribution in [3.8, 4) is 0 Å². The van der Waals surface area contributed by atoms with Crippen LogP contribution in [0.1, 0.15) is 20.8 Å². The largest absolute Gasteiger partial charge is 0.384 e. The van der Waals surface area contributed by atoms with Crippen LogP contribution in [0.15, 0.2) is 23.6 Å². The minimum Gasteiger partial charge on any atom is -0.384 e. The number of carbonyl (C=O) groups is 1. The SMILES string of the molecule is Cc1ccsc1CNC(=O)c1cc(N)nc(Cl)c1. The number of nitrogens with two attached hydrogens (primary N) is 1. The quantitative estimate of drug-likeness (QED) is 0.850. The summed E-state index contributed by atoms with van der Waals surface area (Å²) in [5.74, 6) is 0.0266. The third-order valence-corrected chi connectivity index (χ3v) is 3.67. The predicted molar refractivity (Wildman–Crippen MR) is 73.9 cm³/mol. The summed E-state index contributed by atoms with van der Waals surface area (Å²) in [6.07, 6.45) is 0. The highest BCUT2D eigenvalue weighted by molar-refractivity contribution is 7.10. The molecule has 2 rings (SSSR count). The molecular formula is C12H12ClN3OS. The van der Waals surface area contributed by atoms with Gasteiger partial charge in [-0.05, 0) is 36.1 Å². The van der Waals surface area contributed by atoms with Gasteiger partial charge in [0.2, 0.25) is 0 Å². The summed E-state index contributed by atoms with van der Waals surface area (Å²) in [4.78, 5) is 16.8. The number of nitrogens with zero attached hydrogens (tertiary/aromatic N) is 1. The number of amides is 1. The summed E-state index contributed by atoms with van der Waals surface area (Å²) in [6, 6.07) is 5.02. The zero-order valence-electron chi connectivity index (χ0n) is 9.74. The van der Waals surface area contributed by atoms with E-state index in [2.05, 4.69) is 10.3 Å². The van der Waals surface area contributed by atoms with Gasteiger partial charge in [0.1, 0.15) is 11.0 Å². The lowest BCUT2D eigenvalue weighted by molar-refractivity contribution is 0.0951. The Labute approximate surface area is 114 Å². The highest BCUT2D eigenvalue weighted by atomic mass is 35.5. The first-order valence-corrected chi connectivity index (χ1v) is 6.56. The van der Waals surface area contributed by atoms with Crippen LogP contribution in [0.2, 0.25) is 5.15 Å². The average Bonchev–Trinajstić information content (AvgIpc) is 2.70. The van der Waals surface area contributed by atoms with Crippen molar-refractivity contribution in [2.75, 3.05) is 5.73 Å². The number of aromatic nitrogens is 1. The van der Waals surface area contributed by atoms with Crippen molar-refractivity contribution in [1.82, 2.24) is 10.3 Å². The van der Waals surface area contributed by atoms with Gasteiger partial charge in [-0.15, -0.1) is 11.3 Å². The van der Waals surface area contributed by atoms with E-state index in [-0.39, 0.29) is 16.9 Å². The van der Waals surface area contributed by atoms with Crippen molar-refractivity contribution < 1.29 is 4.79 Å². The van der Waals surface area contributed by atoms with Gasteiger partial charge in [0.25, 0.3) is 5.91 Å². The Bertz CT molecular complexity index is 562. The minimum absolute atomic E-state index is 0.209. The predicted octanol–water partition coefficient (Wildman–Crippen LogP) is 2.62. The summed E-state index contributed by atoms with van der Waals surface area (Å²) in [7, 11) is 0. The van der Waals surface area contributed by atoms with E-state index in [4.69, 9.17) is 17.3 Å². The Morgan fingerprint density at radius 3 is 2.94 bits per heavy atom. The van der Waals surface area contributed by atoms with Crippen LogP contribution in [0, 0.1) is 6.92 Å². The molecule has 94 valence electrons. The Morgan fingerprint density at radius 1 is 1.56 bits per heavy atom.